The number of amides is 1. The summed E-state index contributed by atoms with van der Waals surface area (Å²) in [6.45, 7) is 4.91. The van der Waals surface area contributed by atoms with E-state index >= 15 is 0 Å². The Balaban J connectivity index is 1.37. The molecule has 2 atom stereocenters. The SMILES string of the molecule is CN[C@H]1CN(C(=O)C2CCN(CC3CC3)CC2)C[C@@H]1c1ccc(Cl)c(Cl)c1. The fraction of sp³-hybridized carbons (Fsp3) is 0.667. The molecule has 1 aromatic rings. The van der Waals surface area contributed by atoms with E-state index < -0.39 is 0 Å². The van der Waals surface area contributed by atoms with Gasteiger partial charge in [0.05, 0.1) is 10.0 Å². The zero-order chi connectivity index (χ0) is 19.0. The van der Waals surface area contributed by atoms with Gasteiger partial charge in [0.2, 0.25) is 5.91 Å². The molecule has 0 spiro atoms. The van der Waals surface area contributed by atoms with Gasteiger partial charge in [-0.05, 0) is 69.4 Å². The quantitative estimate of drug-likeness (QED) is 0.806. The lowest BCUT2D eigenvalue weighted by atomic mass is 9.94. The van der Waals surface area contributed by atoms with E-state index in [1.54, 1.807) is 0 Å². The Kier molecular flexibility index (Phi) is 5.98. The molecule has 0 aromatic heterocycles. The number of carbonyl (C=O) groups excluding carboxylic acids is 1. The van der Waals surface area contributed by atoms with Gasteiger partial charge in [0, 0.05) is 37.5 Å². The molecule has 3 aliphatic rings. The maximum absolute atomic E-state index is 13.1. The second-order valence-electron chi connectivity index (χ2n) is 8.44. The summed E-state index contributed by atoms with van der Waals surface area (Å²) in [7, 11) is 1.97. The first-order valence-electron chi connectivity index (χ1n) is 10.2. The summed E-state index contributed by atoms with van der Waals surface area (Å²) < 4.78 is 0. The molecule has 6 heteroatoms. The first kappa shape index (κ1) is 19.5. The minimum Gasteiger partial charge on any atom is -0.340 e. The van der Waals surface area contributed by atoms with Crippen molar-refractivity contribution in [1.29, 1.82) is 0 Å². The van der Waals surface area contributed by atoms with Gasteiger partial charge in [-0.1, -0.05) is 29.3 Å². The molecule has 3 fully saturated rings. The van der Waals surface area contributed by atoms with Crippen LogP contribution in [0.4, 0.5) is 0 Å². The molecule has 1 aromatic carbocycles. The van der Waals surface area contributed by atoms with E-state index in [-0.39, 0.29) is 17.9 Å². The number of nitrogens with zero attached hydrogens (tertiary/aromatic N) is 2. The first-order chi connectivity index (χ1) is 13.0. The van der Waals surface area contributed by atoms with E-state index in [2.05, 4.69) is 15.1 Å². The molecule has 1 N–H and O–H groups in total. The van der Waals surface area contributed by atoms with Gasteiger partial charge in [0.15, 0.2) is 0 Å². The third-order valence-corrected chi connectivity index (χ3v) is 7.26. The predicted molar refractivity (Wildman–Crippen MR) is 111 cm³/mol. The van der Waals surface area contributed by atoms with Crippen LogP contribution in [-0.4, -0.2) is 61.5 Å². The normalized spacial score (nSPS) is 27.3. The highest BCUT2D eigenvalue weighted by molar-refractivity contribution is 6.42. The molecule has 1 aliphatic carbocycles. The van der Waals surface area contributed by atoms with Crippen LogP contribution >= 0.6 is 23.2 Å². The highest BCUT2D eigenvalue weighted by atomic mass is 35.5. The molecule has 0 unspecified atom stereocenters. The van der Waals surface area contributed by atoms with Crippen molar-refractivity contribution in [3.63, 3.8) is 0 Å². The van der Waals surface area contributed by atoms with Crippen LogP contribution in [0.2, 0.25) is 10.0 Å². The molecule has 4 rings (SSSR count). The zero-order valence-electron chi connectivity index (χ0n) is 16.0. The van der Waals surface area contributed by atoms with Gasteiger partial charge < -0.3 is 15.1 Å². The molecule has 2 saturated heterocycles. The van der Waals surface area contributed by atoms with Gasteiger partial charge in [-0.2, -0.15) is 0 Å². The van der Waals surface area contributed by atoms with Crippen LogP contribution in [-0.2, 0) is 4.79 Å². The standard InChI is InChI=1S/C21H29Cl2N3O/c1-24-20-13-26(12-17(20)16-4-5-18(22)19(23)10-16)21(27)15-6-8-25(9-7-15)11-14-2-3-14/h4-5,10,14-15,17,20,24H,2-3,6-9,11-13H2,1H3/t17-,20+/m1/s1. The van der Waals surface area contributed by atoms with Gasteiger partial charge in [-0.3, -0.25) is 4.79 Å². The molecule has 0 bridgehead atoms. The maximum atomic E-state index is 13.1. The van der Waals surface area contributed by atoms with E-state index in [1.807, 2.05) is 25.2 Å². The molecular weight excluding hydrogens is 381 g/mol. The van der Waals surface area contributed by atoms with E-state index in [4.69, 9.17) is 23.2 Å². The number of hydrogen-bond donors (Lipinski definition) is 1. The Hall–Kier alpha value is -0.810. The second-order valence-corrected chi connectivity index (χ2v) is 9.25. The van der Waals surface area contributed by atoms with Crippen LogP contribution in [0, 0.1) is 11.8 Å². The van der Waals surface area contributed by atoms with E-state index in [9.17, 15) is 4.79 Å². The van der Waals surface area contributed by atoms with E-state index in [0.29, 0.717) is 16.0 Å². The van der Waals surface area contributed by atoms with Gasteiger partial charge in [-0.15, -0.1) is 0 Å². The Labute approximate surface area is 172 Å². The van der Waals surface area contributed by atoms with Crippen molar-refractivity contribution in [3.05, 3.63) is 33.8 Å². The second kappa shape index (κ2) is 8.28. The van der Waals surface area contributed by atoms with Crippen molar-refractivity contribution >= 4 is 29.1 Å². The summed E-state index contributed by atoms with van der Waals surface area (Å²) in [6.07, 6.45) is 4.80. The number of likely N-dealkylation sites (tertiary alicyclic amines) is 2. The number of halogens is 2. The average Bonchev–Trinajstić information content (AvgIpc) is 3.39. The summed E-state index contributed by atoms with van der Waals surface area (Å²) in [5, 5.41) is 4.55. The van der Waals surface area contributed by atoms with Crippen molar-refractivity contribution in [3.8, 4) is 0 Å². The van der Waals surface area contributed by atoms with Crippen molar-refractivity contribution in [2.24, 2.45) is 11.8 Å². The van der Waals surface area contributed by atoms with Crippen molar-refractivity contribution in [2.45, 2.75) is 37.6 Å². The third kappa shape index (κ3) is 4.45. The summed E-state index contributed by atoms with van der Waals surface area (Å²) in [5.74, 6) is 1.71. The van der Waals surface area contributed by atoms with Gasteiger partial charge in [-0.25, -0.2) is 0 Å². The van der Waals surface area contributed by atoms with Crippen molar-refractivity contribution in [1.82, 2.24) is 15.1 Å². The lowest BCUT2D eigenvalue weighted by Gasteiger charge is -2.33. The zero-order valence-corrected chi connectivity index (χ0v) is 17.5. The molecule has 148 valence electrons. The van der Waals surface area contributed by atoms with Crippen LogP contribution in [0.25, 0.3) is 0 Å². The van der Waals surface area contributed by atoms with Crippen LogP contribution in [0.1, 0.15) is 37.2 Å². The predicted octanol–water partition coefficient (Wildman–Crippen LogP) is 3.63. The molecule has 2 heterocycles. The topological polar surface area (TPSA) is 35.6 Å². The molecular formula is C21H29Cl2N3O. The van der Waals surface area contributed by atoms with E-state index in [1.165, 1.54) is 19.4 Å². The Morgan fingerprint density at radius 2 is 1.85 bits per heavy atom. The summed E-state index contributed by atoms with van der Waals surface area (Å²) >= 11 is 12.3. The fourth-order valence-corrected chi connectivity index (χ4v) is 4.95. The number of carbonyl (C=O) groups is 1. The van der Waals surface area contributed by atoms with Gasteiger partial charge in [0.1, 0.15) is 0 Å². The van der Waals surface area contributed by atoms with Gasteiger partial charge >= 0.3 is 0 Å². The van der Waals surface area contributed by atoms with Crippen molar-refractivity contribution in [2.75, 3.05) is 39.8 Å². The highest BCUT2D eigenvalue weighted by Gasteiger charge is 2.38. The molecule has 1 saturated carbocycles. The number of piperidine rings is 1. The van der Waals surface area contributed by atoms with Crippen LogP contribution < -0.4 is 5.32 Å². The minimum absolute atomic E-state index is 0.186. The molecule has 2 aliphatic heterocycles. The fourth-order valence-electron chi connectivity index (χ4n) is 4.64. The summed E-state index contributed by atoms with van der Waals surface area (Å²) in [4.78, 5) is 17.8. The first-order valence-corrected chi connectivity index (χ1v) is 10.9. The number of likely N-dealkylation sites (N-methyl/N-ethyl adjacent to an activating group) is 1. The monoisotopic (exact) mass is 409 g/mol. The van der Waals surface area contributed by atoms with Crippen LogP contribution in [0.3, 0.4) is 0 Å². The Morgan fingerprint density at radius 1 is 1.11 bits per heavy atom. The van der Waals surface area contributed by atoms with Crippen LogP contribution in [0.15, 0.2) is 18.2 Å². The number of rotatable bonds is 5. The van der Waals surface area contributed by atoms with Crippen molar-refractivity contribution < 1.29 is 4.79 Å². The number of benzene rings is 1. The molecule has 1 amide bonds. The number of nitrogens with one attached hydrogen (secondary N) is 1. The lowest BCUT2D eigenvalue weighted by molar-refractivity contribution is -0.136. The lowest BCUT2D eigenvalue weighted by Crippen LogP contribution is -2.43. The molecule has 27 heavy (non-hydrogen) atoms. The third-order valence-electron chi connectivity index (χ3n) is 6.52. The highest BCUT2D eigenvalue weighted by Crippen LogP contribution is 2.34. The maximum Gasteiger partial charge on any atom is 0.225 e. The smallest absolute Gasteiger partial charge is 0.225 e. The van der Waals surface area contributed by atoms with Gasteiger partial charge in [0.25, 0.3) is 0 Å². The summed E-state index contributed by atoms with van der Waals surface area (Å²) in [6, 6.07) is 6.09. The molecule has 4 nitrogen and oxygen atoms in total. The number of hydrogen-bond acceptors (Lipinski definition) is 3. The average molecular weight is 410 g/mol. The summed E-state index contributed by atoms with van der Waals surface area (Å²) in [5.41, 5.74) is 1.15. The van der Waals surface area contributed by atoms with E-state index in [0.717, 1.165) is 50.5 Å². The Bertz CT molecular complexity index is 686. The van der Waals surface area contributed by atoms with Crippen LogP contribution in [0.5, 0.6) is 0 Å². The largest absolute Gasteiger partial charge is 0.340 e. The Morgan fingerprint density at radius 3 is 2.48 bits per heavy atom. The molecule has 0 radical (unpaired) electrons. The minimum atomic E-state index is 0.186.